The molecule has 3 aliphatic heterocycles. The second kappa shape index (κ2) is 6.81. The molecule has 1 aliphatic carbocycles. The molecule has 6 unspecified atom stereocenters. The Balaban J connectivity index is 1.46. The van der Waals surface area contributed by atoms with Gasteiger partial charge in [0.25, 0.3) is 0 Å². The summed E-state index contributed by atoms with van der Waals surface area (Å²) in [4.78, 5) is 2.64. The highest BCUT2D eigenvalue weighted by atomic mass is 19.1. The molecule has 23 heavy (non-hydrogen) atoms. The third-order valence-corrected chi connectivity index (χ3v) is 6.76. The van der Waals surface area contributed by atoms with Crippen molar-refractivity contribution < 1.29 is 4.39 Å². The molecule has 0 aromatic carbocycles. The fraction of sp³-hybridized carbons (Fsp3) is 0.895. The highest BCUT2D eigenvalue weighted by Gasteiger charge is 2.39. The molecule has 1 saturated carbocycles. The highest BCUT2D eigenvalue weighted by molar-refractivity contribution is 5.21. The Morgan fingerprint density at radius 3 is 2.91 bits per heavy atom. The van der Waals surface area contributed by atoms with Crippen LogP contribution < -0.4 is 10.6 Å². The third-order valence-electron chi connectivity index (χ3n) is 6.76. The highest BCUT2D eigenvalue weighted by Crippen LogP contribution is 2.39. The monoisotopic (exact) mass is 321 g/mol. The Labute approximate surface area is 140 Å². The number of nitrogens with one attached hydrogen (secondary N) is 2. The van der Waals surface area contributed by atoms with Gasteiger partial charge in [-0.1, -0.05) is 18.6 Å². The average molecular weight is 321 g/mol. The van der Waals surface area contributed by atoms with Crippen LogP contribution >= 0.6 is 0 Å². The van der Waals surface area contributed by atoms with Crippen molar-refractivity contribution in [2.45, 2.75) is 63.8 Å². The van der Waals surface area contributed by atoms with Crippen LogP contribution in [0.15, 0.2) is 11.6 Å². The largest absolute Gasteiger partial charge is 0.310 e. The molecule has 130 valence electrons. The second-order valence-corrected chi connectivity index (χ2v) is 8.23. The summed E-state index contributed by atoms with van der Waals surface area (Å²) >= 11 is 0. The number of nitrogens with zero attached hydrogens (tertiary/aromatic N) is 1. The Morgan fingerprint density at radius 2 is 2.04 bits per heavy atom. The number of piperidine rings is 1. The van der Waals surface area contributed by atoms with Gasteiger partial charge in [-0.2, -0.15) is 0 Å². The lowest BCUT2D eigenvalue weighted by molar-refractivity contribution is 0.113. The number of alkyl halides is 1. The lowest BCUT2D eigenvalue weighted by Gasteiger charge is -2.43. The molecule has 4 rings (SSSR count). The minimum atomic E-state index is -0.576. The lowest BCUT2D eigenvalue weighted by atomic mass is 9.71. The van der Waals surface area contributed by atoms with Crippen LogP contribution in [0.2, 0.25) is 0 Å². The molecule has 0 aromatic rings. The van der Waals surface area contributed by atoms with Crippen molar-refractivity contribution in [3.05, 3.63) is 11.6 Å². The Morgan fingerprint density at radius 1 is 1.13 bits per heavy atom. The first-order valence-electron chi connectivity index (χ1n) is 9.77. The Kier molecular flexibility index (Phi) is 4.75. The van der Waals surface area contributed by atoms with E-state index in [-0.39, 0.29) is 5.92 Å². The van der Waals surface area contributed by atoms with Crippen LogP contribution in [0, 0.1) is 17.8 Å². The van der Waals surface area contributed by atoms with E-state index in [0.29, 0.717) is 24.0 Å². The average Bonchev–Trinajstić information content (AvgIpc) is 3.05. The summed E-state index contributed by atoms with van der Waals surface area (Å²) in [7, 11) is 0. The molecule has 4 aliphatic rings. The van der Waals surface area contributed by atoms with Crippen molar-refractivity contribution in [2.24, 2.45) is 17.8 Å². The minimum Gasteiger partial charge on any atom is -0.310 e. The Bertz CT molecular complexity index is 452. The predicted molar refractivity (Wildman–Crippen MR) is 92.0 cm³/mol. The van der Waals surface area contributed by atoms with Gasteiger partial charge in [0.1, 0.15) is 6.17 Å². The van der Waals surface area contributed by atoms with E-state index in [2.05, 4.69) is 28.5 Å². The molecule has 0 spiro atoms. The number of halogens is 1. The molecule has 3 nitrogen and oxygen atoms in total. The van der Waals surface area contributed by atoms with Crippen LogP contribution in [-0.4, -0.2) is 49.5 Å². The smallest absolute Gasteiger partial charge is 0.103 e. The number of hydrogen-bond acceptors (Lipinski definition) is 3. The minimum absolute atomic E-state index is 0.234. The molecule has 2 N–H and O–H groups in total. The summed E-state index contributed by atoms with van der Waals surface area (Å²) in [6.45, 7) is 6.77. The van der Waals surface area contributed by atoms with E-state index >= 15 is 0 Å². The summed E-state index contributed by atoms with van der Waals surface area (Å²) in [5, 5.41) is 7.42. The summed E-state index contributed by atoms with van der Waals surface area (Å²) in [5.41, 5.74) is 1.66. The maximum atomic E-state index is 13.9. The van der Waals surface area contributed by atoms with Crippen molar-refractivity contribution in [1.82, 2.24) is 15.5 Å². The van der Waals surface area contributed by atoms with Crippen molar-refractivity contribution in [3.63, 3.8) is 0 Å². The molecule has 0 amide bonds. The lowest BCUT2D eigenvalue weighted by Crippen LogP contribution is -2.49. The standard InChI is InChI=1S/C19H32FN3/c1-13-11-14(4-6-17(13)20)19-16(3-2-8-22-19)15-5-7-18-21-9-10-23(18)12-15/h3,13-15,17-19,21-22H,2,4-12H2,1H3. The molecular formula is C19H32FN3. The molecular weight excluding hydrogens is 289 g/mol. The van der Waals surface area contributed by atoms with Gasteiger partial charge in [0.2, 0.25) is 0 Å². The topological polar surface area (TPSA) is 27.3 Å². The van der Waals surface area contributed by atoms with Crippen molar-refractivity contribution in [3.8, 4) is 0 Å². The molecule has 2 saturated heterocycles. The first kappa shape index (κ1) is 16.0. The zero-order valence-corrected chi connectivity index (χ0v) is 14.4. The van der Waals surface area contributed by atoms with Crippen LogP contribution in [0.25, 0.3) is 0 Å². The molecule has 0 radical (unpaired) electrons. The normalized spacial score (nSPS) is 45.6. The van der Waals surface area contributed by atoms with Gasteiger partial charge in [-0.05, 0) is 62.8 Å². The zero-order chi connectivity index (χ0) is 15.8. The molecule has 0 aromatic heterocycles. The molecule has 0 bridgehead atoms. The van der Waals surface area contributed by atoms with Crippen LogP contribution in [0.1, 0.15) is 45.4 Å². The van der Waals surface area contributed by atoms with Gasteiger partial charge < -0.3 is 10.6 Å². The number of hydrogen-bond donors (Lipinski definition) is 2. The Hall–Kier alpha value is -0.450. The van der Waals surface area contributed by atoms with E-state index in [9.17, 15) is 4.39 Å². The van der Waals surface area contributed by atoms with Crippen LogP contribution in [0.5, 0.6) is 0 Å². The quantitative estimate of drug-likeness (QED) is 0.766. The van der Waals surface area contributed by atoms with Gasteiger partial charge in [0, 0.05) is 25.7 Å². The van der Waals surface area contributed by atoms with E-state index in [1.54, 1.807) is 5.57 Å². The summed E-state index contributed by atoms with van der Waals surface area (Å²) in [6, 6.07) is 0.510. The maximum absolute atomic E-state index is 13.9. The third kappa shape index (κ3) is 3.22. The van der Waals surface area contributed by atoms with Gasteiger partial charge in [-0.25, -0.2) is 4.39 Å². The van der Waals surface area contributed by atoms with Crippen molar-refractivity contribution in [2.75, 3.05) is 26.2 Å². The van der Waals surface area contributed by atoms with E-state index in [4.69, 9.17) is 0 Å². The molecule has 3 fully saturated rings. The summed E-state index contributed by atoms with van der Waals surface area (Å²) in [6.07, 6.45) is 9.21. The predicted octanol–water partition coefficient (Wildman–Crippen LogP) is 2.69. The fourth-order valence-electron chi connectivity index (χ4n) is 5.45. The second-order valence-electron chi connectivity index (χ2n) is 8.23. The van der Waals surface area contributed by atoms with E-state index in [1.165, 1.54) is 25.9 Å². The molecule has 3 heterocycles. The van der Waals surface area contributed by atoms with Gasteiger partial charge in [-0.3, -0.25) is 4.90 Å². The van der Waals surface area contributed by atoms with E-state index in [1.807, 2.05) is 0 Å². The van der Waals surface area contributed by atoms with Crippen LogP contribution in [0.3, 0.4) is 0 Å². The summed E-state index contributed by atoms with van der Waals surface area (Å²) in [5.74, 6) is 1.58. The first-order chi connectivity index (χ1) is 11.2. The molecule has 4 heteroatoms. The molecule has 6 atom stereocenters. The van der Waals surface area contributed by atoms with E-state index < -0.39 is 6.17 Å². The van der Waals surface area contributed by atoms with Gasteiger partial charge in [0.15, 0.2) is 0 Å². The van der Waals surface area contributed by atoms with Gasteiger partial charge >= 0.3 is 0 Å². The zero-order valence-electron chi connectivity index (χ0n) is 14.4. The fourth-order valence-corrected chi connectivity index (χ4v) is 5.45. The number of rotatable bonds is 2. The maximum Gasteiger partial charge on any atom is 0.103 e. The van der Waals surface area contributed by atoms with Crippen molar-refractivity contribution in [1.29, 1.82) is 0 Å². The SMILES string of the molecule is CC1CC(C2NCCC=C2C2CCC3NCCN3C2)CCC1F. The first-order valence-corrected chi connectivity index (χ1v) is 9.77. The number of fused-ring (bicyclic) bond motifs is 1. The van der Waals surface area contributed by atoms with Crippen LogP contribution in [0.4, 0.5) is 4.39 Å². The van der Waals surface area contributed by atoms with E-state index in [0.717, 1.165) is 38.8 Å². The van der Waals surface area contributed by atoms with Crippen LogP contribution in [-0.2, 0) is 0 Å². The van der Waals surface area contributed by atoms with Gasteiger partial charge in [-0.15, -0.1) is 0 Å². The van der Waals surface area contributed by atoms with Gasteiger partial charge in [0.05, 0.1) is 6.17 Å². The summed E-state index contributed by atoms with van der Waals surface area (Å²) < 4.78 is 13.9. The van der Waals surface area contributed by atoms with Crippen molar-refractivity contribution >= 4 is 0 Å².